The molecule has 1 aromatic carbocycles. The molecule has 1 saturated heterocycles. The topological polar surface area (TPSA) is 31.0 Å². The summed E-state index contributed by atoms with van der Waals surface area (Å²) in [5, 5.41) is 0. The highest BCUT2D eigenvalue weighted by molar-refractivity contribution is 5.44. The number of hydrogen-bond donors (Lipinski definition) is 0. The predicted octanol–water partition coefficient (Wildman–Crippen LogP) is 2.33. The molecule has 1 heterocycles. The van der Waals surface area contributed by atoms with Crippen LogP contribution in [0.1, 0.15) is 11.7 Å². The molecule has 1 fully saturated rings. The molecule has 0 saturated carbocycles. The van der Waals surface area contributed by atoms with Gasteiger partial charge in [-0.1, -0.05) is 12.1 Å². The van der Waals surface area contributed by atoms with Crippen molar-refractivity contribution in [3.63, 3.8) is 0 Å². The molecular formula is C12H14O3. The van der Waals surface area contributed by atoms with Crippen molar-refractivity contribution in [1.82, 2.24) is 0 Å². The van der Waals surface area contributed by atoms with E-state index in [1.165, 1.54) is 0 Å². The summed E-state index contributed by atoms with van der Waals surface area (Å²) in [5.41, 5.74) is 1.09. The first-order valence-corrected chi connectivity index (χ1v) is 4.80. The van der Waals surface area contributed by atoms with Crippen molar-refractivity contribution in [3.05, 3.63) is 36.4 Å². The zero-order valence-electron chi connectivity index (χ0n) is 8.90. The van der Waals surface area contributed by atoms with Gasteiger partial charge in [-0.15, -0.1) is 6.58 Å². The van der Waals surface area contributed by atoms with E-state index >= 15 is 0 Å². The summed E-state index contributed by atoms with van der Waals surface area (Å²) in [4.78, 5) is 0. The summed E-state index contributed by atoms with van der Waals surface area (Å²) in [5.74, 6) is 1.46. The molecule has 0 N–H and O–H groups in total. The van der Waals surface area contributed by atoms with Crippen molar-refractivity contribution in [2.24, 2.45) is 0 Å². The third-order valence-corrected chi connectivity index (χ3v) is 2.49. The lowest BCUT2D eigenvalue weighted by atomic mass is 10.1. The highest BCUT2D eigenvalue weighted by Crippen LogP contribution is 2.42. The molecule has 0 amide bonds. The fourth-order valence-electron chi connectivity index (χ4n) is 1.60. The second-order valence-electron chi connectivity index (χ2n) is 3.37. The van der Waals surface area contributed by atoms with Gasteiger partial charge in [0.2, 0.25) is 0 Å². The maximum Gasteiger partial charge on any atom is 0.161 e. The van der Waals surface area contributed by atoms with Crippen LogP contribution in [0.4, 0.5) is 0 Å². The highest BCUT2D eigenvalue weighted by atomic mass is 16.6. The van der Waals surface area contributed by atoms with Gasteiger partial charge in [-0.2, -0.15) is 0 Å². The molecule has 0 unspecified atom stereocenters. The van der Waals surface area contributed by atoms with Gasteiger partial charge in [0.1, 0.15) is 12.2 Å². The quantitative estimate of drug-likeness (QED) is 0.559. The Balaban J connectivity index is 2.24. The Morgan fingerprint density at radius 3 is 2.53 bits per heavy atom. The number of epoxide rings is 1. The van der Waals surface area contributed by atoms with Crippen LogP contribution in [0, 0.1) is 0 Å². The van der Waals surface area contributed by atoms with Gasteiger partial charge < -0.3 is 14.2 Å². The van der Waals surface area contributed by atoms with Crippen LogP contribution < -0.4 is 9.47 Å². The van der Waals surface area contributed by atoms with E-state index in [9.17, 15) is 0 Å². The second-order valence-corrected chi connectivity index (χ2v) is 3.37. The maximum atomic E-state index is 5.41. The Bertz CT molecular complexity index is 373. The van der Waals surface area contributed by atoms with Gasteiger partial charge in [0.05, 0.1) is 14.2 Å². The van der Waals surface area contributed by atoms with E-state index in [1.807, 2.05) is 18.2 Å². The minimum Gasteiger partial charge on any atom is -0.493 e. The third kappa shape index (κ3) is 1.83. The highest BCUT2D eigenvalue weighted by Gasteiger charge is 2.37. The number of hydrogen-bond acceptors (Lipinski definition) is 3. The van der Waals surface area contributed by atoms with E-state index in [0.29, 0.717) is 0 Å². The number of ether oxygens (including phenoxy) is 3. The van der Waals surface area contributed by atoms with E-state index < -0.39 is 0 Å². The van der Waals surface area contributed by atoms with Crippen molar-refractivity contribution in [3.8, 4) is 11.5 Å². The van der Waals surface area contributed by atoms with Gasteiger partial charge in [-0.25, -0.2) is 0 Å². The Labute approximate surface area is 89.3 Å². The normalized spacial score (nSPS) is 23.3. The minimum atomic E-state index is 0.127. The molecule has 0 aliphatic carbocycles. The molecule has 2 atom stereocenters. The van der Waals surface area contributed by atoms with Gasteiger partial charge in [0.15, 0.2) is 11.5 Å². The van der Waals surface area contributed by atoms with E-state index in [4.69, 9.17) is 14.2 Å². The van der Waals surface area contributed by atoms with Crippen molar-refractivity contribution >= 4 is 0 Å². The summed E-state index contributed by atoms with van der Waals surface area (Å²) >= 11 is 0. The summed E-state index contributed by atoms with van der Waals surface area (Å²) in [6.45, 7) is 3.69. The number of benzene rings is 1. The van der Waals surface area contributed by atoms with Crippen molar-refractivity contribution in [1.29, 1.82) is 0 Å². The molecule has 3 heteroatoms. The first kappa shape index (κ1) is 10.1. The van der Waals surface area contributed by atoms with E-state index in [1.54, 1.807) is 20.3 Å². The fraction of sp³-hybridized carbons (Fsp3) is 0.333. The smallest absolute Gasteiger partial charge is 0.161 e. The molecule has 3 nitrogen and oxygen atoms in total. The van der Waals surface area contributed by atoms with Crippen LogP contribution in [0.15, 0.2) is 30.9 Å². The summed E-state index contributed by atoms with van der Waals surface area (Å²) in [6, 6.07) is 5.80. The Kier molecular flexibility index (Phi) is 2.64. The molecule has 0 aromatic heterocycles. The predicted molar refractivity (Wildman–Crippen MR) is 57.4 cm³/mol. The van der Waals surface area contributed by atoms with Crippen LogP contribution in [0.3, 0.4) is 0 Å². The number of rotatable bonds is 4. The van der Waals surface area contributed by atoms with Gasteiger partial charge >= 0.3 is 0 Å². The SMILES string of the molecule is C=C[C@H]1O[C@H]1c1ccc(OC)c(OC)c1. The average molecular weight is 206 g/mol. The van der Waals surface area contributed by atoms with E-state index in [0.717, 1.165) is 17.1 Å². The molecule has 0 spiro atoms. The van der Waals surface area contributed by atoms with Gasteiger partial charge in [-0.05, 0) is 17.7 Å². The molecule has 0 bridgehead atoms. The molecule has 2 rings (SSSR count). The summed E-state index contributed by atoms with van der Waals surface area (Å²) in [6.07, 6.45) is 2.08. The van der Waals surface area contributed by atoms with Crippen LogP contribution in [0.5, 0.6) is 11.5 Å². The average Bonchev–Trinajstić information content (AvgIpc) is 3.07. The molecule has 0 radical (unpaired) electrons. The largest absolute Gasteiger partial charge is 0.493 e. The lowest BCUT2D eigenvalue weighted by Crippen LogP contribution is -1.92. The first-order chi connectivity index (χ1) is 7.30. The molecule has 1 aliphatic heterocycles. The maximum absolute atomic E-state index is 5.41. The van der Waals surface area contributed by atoms with Gasteiger partial charge in [-0.3, -0.25) is 0 Å². The lowest BCUT2D eigenvalue weighted by Gasteiger charge is -2.08. The lowest BCUT2D eigenvalue weighted by molar-refractivity contribution is 0.352. The standard InChI is InChI=1S/C12H14O3/c1-4-9-12(15-9)8-5-6-10(13-2)11(7-8)14-3/h4-7,9,12H,1H2,2-3H3/t9-,12+/m1/s1. The monoisotopic (exact) mass is 206 g/mol. The first-order valence-electron chi connectivity index (χ1n) is 4.80. The van der Waals surface area contributed by atoms with Gasteiger partial charge in [0, 0.05) is 0 Å². The summed E-state index contributed by atoms with van der Waals surface area (Å²) in [7, 11) is 3.25. The van der Waals surface area contributed by atoms with Crippen LogP contribution in [-0.2, 0) is 4.74 Å². The Morgan fingerprint density at radius 1 is 1.27 bits per heavy atom. The zero-order chi connectivity index (χ0) is 10.8. The van der Waals surface area contributed by atoms with E-state index in [-0.39, 0.29) is 12.2 Å². The van der Waals surface area contributed by atoms with Gasteiger partial charge in [0.25, 0.3) is 0 Å². The minimum absolute atomic E-state index is 0.127. The van der Waals surface area contributed by atoms with Crippen LogP contribution >= 0.6 is 0 Å². The molecule has 15 heavy (non-hydrogen) atoms. The second kappa shape index (κ2) is 3.95. The molecule has 1 aliphatic rings. The van der Waals surface area contributed by atoms with Crippen molar-refractivity contribution in [2.45, 2.75) is 12.2 Å². The van der Waals surface area contributed by atoms with Crippen molar-refractivity contribution in [2.75, 3.05) is 14.2 Å². The fourth-order valence-corrected chi connectivity index (χ4v) is 1.60. The summed E-state index contributed by atoms with van der Waals surface area (Å²) < 4.78 is 15.8. The third-order valence-electron chi connectivity index (χ3n) is 2.49. The Morgan fingerprint density at radius 2 is 2.00 bits per heavy atom. The van der Waals surface area contributed by atoms with Crippen LogP contribution in [-0.4, -0.2) is 20.3 Å². The Hall–Kier alpha value is -1.48. The van der Waals surface area contributed by atoms with Crippen LogP contribution in [0.25, 0.3) is 0 Å². The molecular weight excluding hydrogens is 192 g/mol. The molecule has 1 aromatic rings. The van der Waals surface area contributed by atoms with E-state index in [2.05, 4.69) is 6.58 Å². The van der Waals surface area contributed by atoms with Crippen molar-refractivity contribution < 1.29 is 14.2 Å². The number of methoxy groups -OCH3 is 2. The van der Waals surface area contributed by atoms with Crippen LogP contribution in [0.2, 0.25) is 0 Å². The zero-order valence-corrected chi connectivity index (χ0v) is 8.90. The molecule has 80 valence electrons.